The molecule has 0 saturated heterocycles. The topological polar surface area (TPSA) is 59.6 Å². The molecule has 1 unspecified atom stereocenters. The number of urea groups is 1. The monoisotopic (exact) mass is 344 g/mol. The third kappa shape index (κ3) is 4.35. The van der Waals surface area contributed by atoms with Crippen LogP contribution in [-0.2, 0) is 0 Å². The molecule has 2 aromatic carbocycles. The van der Waals surface area contributed by atoms with E-state index in [-0.39, 0.29) is 18.9 Å². The zero-order valence-electron chi connectivity index (χ0n) is 13.5. The normalized spacial score (nSPS) is 13.4. The molecule has 1 atom stereocenters. The Bertz CT molecular complexity index is 694. The highest BCUT2D eigenvalue weighted by atomic mass is 32.2. The molecule has 5 nitrogen and oxygen atoms in total. The molecule has 2 amide bonds. The van der Waals surface area contributed by atoms with Crippen molar-refractivity contribution < 1.29 is 14.3 Å². The van der Waals surface area contributed by atoms with Gasteiger partial charge in [0.2, 0.25) is 6.79 Å². The molecular formula is C18H20N2O3S. The highest BCUT2D eigenvalue weighted by Crippen LogP contribution is 2.34. The Morgan fingerprint density at radius 3 is 2.79 bits per heavy atom. The van der Waals surface area contributed by atoms with Crippen molar-refractivity contribution in [1.82, 2.24) is 10.6 Å². The lowest BCUT2D eigenvalue weighted by Gasteiger charge is -2.15. The minimum atomic E-state index is -0.172. The van der Waals surface area contributed by atoms with E-state index in [9.17, 15) is 4.79 Å². The third-order valence-corrected chi connectivity index (χ3v) is 4.66. The molecule has 0 saturated carbocycles. The number of ether oxygens (including phenoxy) is 2. The molecule has 1 heterocycles. The zero-order chi connectivity index (χ0) is 16.8. The largest absolute Gasteiger partial charge is 0.454 e. The van der Waals surface area contributed by atoms with Crippen molar-refractivity contribution in [2.75, 3.05) is 19.1 Å². The van der Waals surface area contributed by atoms with Crippen LogP contribution in [0.15, 0.2) is 53.4 Å². The third-order valence-electron chi connectivity index (χ3n) is 3.64. The lowest BCUT2D eigenvalue weighted by atomic mass is 10.1. The van der Waals surface area contributed by atoms with Crippen LogP contribution < -0.4 is 20.1 Å². The van der Waals surface area contributed by atoms with Crippen LogP contribution in [-0.4, -0.2) is 25.1 Å². The minimum absolute atomic E-state index is 0.110. The van der Waals surface area contributed by atoms with Crippen molar-refractivity contribution in [1.29, 1.82) is 0 Å². The van der Waals surface area contributed by atoms with Gasteiger partial charge in [-0.15, -0.1) is 11.8 Å². The fraction of sp³-hybridized carbons (Fsp3) is 0.278. The molecule has 1 aliphatic heterocycles. The van der Waals surface area contributed by atoms with E-state index < -0.39 is 0 Å². The van der Waals surface area contributed by atoms with E-state index in [4.69, 9.17) is 9.47 Å². The average Bonchev–Trinajstić information content (AvgIpc) is 3.07. The number of nitrogens with one attached hydrogen (secondary N) is 2. The van der Waals surface area contributed by atoms with Gasteiger partial charge < -0.3 is 20.1 Å². The molecule has 0 fully saturated rings. The smallest absolute Gasteiger partial charge is 0.315 e. The maximum absolute atomic E-state index is 12.0. The molecule has 24 heavy (non-hydrogen) atoms. The van der Waals surface area contributed by atoms with E-state index in [1.165, 1.54) is 4.90 Å². The van der Waals surface area contributed by atoms with E-state index in [0.29, 0.717) is 6.54 Å². The molecular weight excluding hydrogens is 324 g/mol. The van der Waals surface area contributed by atoms with Gasteiger partial charge in [0.1, 0.15) is 0 Å². The summed E-state index contributed by atoms with van der Waals surface area (Å²) >= 11 is 1.72. The van der Waals surface area contributed by atoms with Crippen LogP contribution in [0.3, 0.4) is 0 Å². The van der Waals surface area contributed by atoms with Crippen molar-refractivity contribution in [2.45, 2.75) is 17.9 Å². The number of rotatable bonds is 6. The summed E-state index contributed by atoms with van der Waals surface area (Å²) in [5, 5.41) is 5.81. The standard InChI is InChI=1S/C18H20N2O3S/c1-13(14-7-8-16-17(11-14)23-12-22-16)20-18(21)19-9-10-24-15-5-3-2-4-6-15/h2-8,11,13H,9-10,12H2,1H3,(H2,19,20,21). The second-order valence-corrected chi connectivity index (χ2v) is 6.56. The molecule has 0 bridgehead atoms. The first-order valence-electron chi connectivity index (χ1n) is 7.84. The molecule has 2 N–H and O–H groups in total. The van der Waals surface area contributed by atoms with Gasteiger partial charge in [-0.3, -0.25) is 0 Å². The summed E-state index contributed by atoms with van der Waals surface area (Å²) in [7, 11) is 0. The summed E-state index contributed by atoms with van der Waals surface area (Å²) in [5.74, 6) is 2.30. The quantitative estimate of drug-likeness (QED) is 0.621. The molecule has 2 aromatic rings. The highest BCUT2D eigenvalue weighted by molar-refractivity contribution is 7.99. The van der Waals surface area contributed by atoms with E-state index in [1.54, 1.807) is 11.8 Å². The van der Waals surface area contributed by atoms with Crippen LogP contribution in [0.1, 0.15) is 18.5 Å². The summed E-state index contributed by atoms with van der Waals surface area (Å²) in [6.45, 7) is 2.80. The minimum Gasteiger partial charge on any atom is -0.454 e. The van der Waals surface area contributed by atoms with Gasteiger partial charge in [0.15, 0.2) is 11.5 Å². The lowest BCUT2D eigenvalue weighted by molar-refractivity contribution is 0.174. The summed E-state index contributed by atoms with van der Waals surface area (Å²) in [4.78, 5) is 13.2. The van der Waals surface area contributed by atoms with Gasteiger partial charge in [0, 0.05) is 17.2 Å². The van der Waals surface area contributed by atoms with E-state index in [1.807, 2.05) is 43.3 Å². The molecule has 0 spiro atoms. The van der Waals surface area contributed by atoms with E-state index in [2.05, 4.69) is 22.8 Å². The van der Waals surface area contributed by atoms with E-state index >= 15 is 0 Å². The summed E-state index contributed by atoms with van der Waals surface area (Å²) in [6, 6.07) is 15.6. The number of amides is 2. The first-order chi connectivity index (χ1) is 11.7. The van der Waals surface area contributed by atoms with Gasteiger partial charge in [-0.2, -0.15) is 0 Å². The predicted molar refractivity (Wildman–Crippen MR) is 94.7 cm³/mol. The number of thioether (sulfide) groups is 1. The molecule has 126 valence electrons. The van der Waals surface area contributed by atoms with Crippen molar-refractivity contribution >= 4 is 17.8 Å². The fourth-order valence-corrected chi connectivity index (χ4v) is 3.15. The Morgan fingerprint density at radius 1 is 1.17 bits per heavy atom. The van der Waals surface area contributed by atoms with Gasteiger partial charge in [0.25, 0.3) is 0 Å². The molecule has 0 radical (unpaired) electrons. The molecule has 1 aliphatic rings. The number of hydrogen-bond acceptors (Lipinski definition) is 4. The van der Waals surface area contributed by atoms with Crippen molar-refractivity contribution in [2.24, 2.45) is 0 Å². The number of hydrogen-bond donors (Lipinski definition) is 2. The van der Waals surface area contributed by atoms with Crippen LogP contribution in [0.25, 0.3) is 0 Å². The second-order valence-electron chi connectivity index (χ2n) is 5.40. The Balaban J connectivity index is 1.41. The number of carbonyl (C=O) groups is 1. The van der Waals surface area contributed by atoms with Gasteiger partial charge in [-0.25, -0.2) is 4.79 Å². The number of fused-ring (bicyclic) bond motifs is 1. The first-order valence-corrected chi connectivity index (χ1v) is 8.83. The van der Waals surface area contributed by atoms with Gasteiger partial charge in [-0.05, 0) is 36.8 Å². The van der Waals surface area contributed by atoms with Gasteiger partial charge >= 0.3 is 6.03 Å². The van der Waals surface area contributed by atoms with Crippen molar-refractivity contribution in [3.8, 4) is 11.5 Å². The molecule has 3 rings (SSSR count). The Hall–Kier alpha value is -2.34. The zero-order valence-corrected chi connectivity index (χ0v) is 14.3. The maximum Gasteiger partial charge on any atom is 0.315 e. The average molecular weight is 344 g/mol. The maximum atomic E-state index is 12.0. The highest BCUT2D eigenvalue weighted by Gasteiger charge is 2.16. The van der Waals surface area contributed by atoms with Crippen LogP contribution in [0, 0.1) is 0 Å². The van der Waals surface area contributed by atoms with Crippen LogP contribution >= 0.6 is 11.8 Å². The van der Waals surface area contributed by atoms with Crippen LogP contribution in [0.5, 0.6) is 11.5 Å². The Morgan fingerprint density at radius 2 is 1.96 bits per heavy atom. The number of benzene rings is 2. The summed E-state index contributed by atoms with van der Waals surface area (Å²) in [6.07, 6.45) is 0. The molecule has 0 aliphatic carbocycles. The Labute approximate surface area is 145 Å². The van der Waals surface area contributed by atoms with Crippen LogP contribution in [0.2, 0.25) is 0 Å². The molecule has 0 aromatic heterocycles. The van der Waals surface area contributed by atoms with Crippen molar-refractivity contribution in [3.05, 3.63) is 54.1 Å². The Kier molecular flexibility index (Phi) is 5.48. The van der Waals surface area contributed by atoms with E-state index in [0.717, 1.165) is 22.8 Å². The fourth-order valence-electron chi connectivity index (χ4n) is 2.36. The van der Waals surface area contributed by atoms with Crippen molar-refractivity contribution in [3.63, 3.8) is 0 Å². The summed E-state index contributed by atoms with van der Waals surface area (Å²) < 4.78 is 10.7. The van der Waals surface area contributed by atoms with Gasteiger partial charge in [-0.1, -0.05) is 24.3 Å². The lowest BCUT2D eigenvalue weighted by Crippen LogP contribution is -2.38. The summed E-state index contributed by atoms with van der Waals surface area (Å²) in [5.41, 5.74) is 0.980. The van der Waals surface area contributed by atoms with Crippen LogP contribution in [0.4, 0.5) is 4.79 Å². The first kappa shape index (κ1) is 16.5. The SMILES string of the molecule is CC(NC(=O)NCCSc1ccccc1)c1ccc2c(c1)OCO2. The number of carbonyl (C=O) groups excluding carboxylic acids is 1. The predicted octanol–water partition coefficient (Wildman–Crippen LogP) is 3.57. The second kappa shape index (κ2) is 7.97. The molecule has 6 heteroatoms. The van der Waals surface area contributed by atoms with Gasteiger partial charge in [0.05, 0.1) is 6.04 Å².